The highest BCUT2D eigenvalue weighted by Gasteiger charge is 2.24. The monoisotopic (exact) mass is 698 g/mol. The number of hydrogen-bond donors (Lipinski definition) is 3. The van der Waals surface area contributed by atoms with E-state index in [1.54, 1.807) is 6.08 Å². The molecule has 48 heavy (non-hydrogen) atoms. The molecule has 0 aliphatic carbocycles. The lowest BCUT2D eigenvalue weighted by Crippen LogP contribution is -2.46. The molecular weight excluding hydrogens is 619 g/mol. The van der Waals surface area contributed by atoms with E-state index >= 15 is 0 Å². The van der Waals surface area contributed by atoms with Gasteiger partial charge in [-0.15, -0.1) is 0 Å². The van der Waals surface area contributed by atoms with Gasteiger partial charge < -0.3 is 10.4 Å². The molecule has 0 bridgehead atoms. The first-order valence-electron chi connectivity index (χ1n) is 20.5. The lowest BCUT2D eigenvalue weighted by atomic mass is 10.0. The first kappa shape index (κ1) is 46.8. The van der Waals surface area contributed by atoms with Crippen molar-refractivity contribution in [2.45, 2.75) is 225 Å². The highest BCUT2D eigenvalue weighted by Crippen LogP contribution is 2.16. The first-order chi connectivity index (χ1) is 23.3. The number of hydrogen-bond acceptors (Lipinski definition) is 4. The molecule has 7 heteroatoms. The molecule has 0 aliphatic heterocycles. The number of aliphatic hydroxyl groups excluding tert-OH is 1. The van der Waals surface area contributed by atoms with Crippen LogP contribution in [0.5, 0.6) is 0 Å². The summed E-state index contributed by atoms with van der Waals surface area (Å²) < 4.78 is 32.4. The van der Waals surface area contributed by atoms with Crippen molar-refractivity contribution in [2.24, 2.45) is 0 Å². The maximum absolute atomic E-state index is 12.5. The molecule has 6 nitrogen and oxygen atoms in total. The number of amides is 1. The van der Waals surface area contributed by atoms with E-state index in [0.717, 1.165) is 38.5 Å². The average Bonchev–Trinajstić information content (AvgIpc) is 3.05. The van der Waals surface area contributed by atoms with Gasteiger partial charge in [0.25, 0.3) is 10.1 Å². The maximum Gasteiger partial charge on any atom is 0.267 e. The van der Waals surface area contributed by atoms with Crippen molar-refractivity contribution in [3.05, 3.63) is 24.3 Å². The van der Waals surface area contributed by atoms with E-state index in [4.69, 9.17) is 0 Å². The smallest absolute Gasteiger partial charge is 0.267 e. The summed E-state index contributed by atoms with van der Waals surface area (Å²) in [4.78, 5) is 12.5. The molecule has 0 aromatic carbocycles. The Labute approximate surface area is 298 Å². The van der Waals surface area contributed by atoms with Gasteiger partial charge in [-0.1, -0.05) is 199 Å². The molecule has 0 aromatic heterocycles. The van der Waals surface area contributed by atoms with Crippen LogP contribution in [0.25, 0.3) is 0 Å². The molecule has 0 heterocycles. The van der Waals surface area contributed by atoms with Crippen LogP contribution in [0.15, 0.2) is 24.3 Å². The molecule has 0 saturated heterocycles. The zero-order chi connectivity index (χ0) is 35.4. The maximum atomic E-state index is 12.5. The number of carbonyl (C=O) groups excluding carboxylic acids is 1. The van der Waals surface area contributed by atoms with Gasteiger partial charge in [-0.2, -0.15) is 8.42 Å². The van der Waals surface area contributed by atoms with Crippen LogP contribution in [0.1, 0.15) is 213 Å². The van der Waals surface area contributed by atoms with E-state index in [0.29, 0.717) is 6.42 Å². The number of rotatable bonds is 37. The van der Waals surface area contributed by atoms with Gasteiger partial charge >= 0.3 is 0 Å². The molecular formula is C41H79NO5S. The second-order valence-corrected chi connectivity index (χ2v) is 15.8. The third kappa shape index (κ3) is 36.1. The van der Waals surface area contributed by atoms with Crippen molar-refractivity contribution in [3.8, 4) is 0 Å². The molecule has 284 valence electrons. The summed E-state index contributed by atoms with van der Waals surface area (Å²) in [7, 11) is -4.34. The van der Waals surface area contributed by atoms with E-state index in [9.17, 15) is 22.9 Å². The SMILES string of the molecule is CCCCCCC/C=C/CC/C=C/C(O)C(CS(=O)(=O)O)NC(=O)CCCCCCCCCCCCCCCCCCCCCCCC. The van der Waals surface area contributed by atoms with Crippen LogP contribution < -0.4 is 5.32 Å². The topological polar surface area (TPSA) is 104 Å². The molecule has 0 radical (unpaired) electrons. The lowest BCUT2D eigenvalue weighted by Gasteiger charge is -2.21. The van der Waals surface area contributed by atoms with Gasteiger partial charge in [-0.3, -0.25) is 9.35 Å². The van der Waals surface area contributed by atoms with Crippen molar-refractivity contribution in [2.75, 3.05) is 5.75 Å². The normalized spacial score (nSPS) is 13.5. The Morgan fingerprint density at radius 3 is 1.31 bits per heavy atom. The fraction of sp³-hybridized carbons (Fsp3) is 0.878. The second-order valence-electron chi connectivity index (χ2n) is 14.3. The second kappa shape index (κ2) is 35.6. The highest BCUT2D eigenvalue weighted by molar-refractivity contribution is 7.85. The largest absolute Gasteiger partial charge is 0.387 e. The number of carbonyl (C=O) groups is 1. The zero-order valence-electron chi connectivity index (χ0n) is 31.6. The van der Waals surface area contributed by atoms with Crippen molar-refractivity contribution < 1.29 is 22.9 Å². The fourth-order valence-electron chi connectivity index (χ4n) is 6.29. The summed E-state index contributed by atoms with van der Waals surface area (Å²) in [6.45, 7) is 4.50. The summed E-state index contributed by atoms with van der Waals surface area (Å²) in [6.07, 6.45) is 44.7. The van der Waals surface area contributed by atoms with Gasteiger partial charge in [0.1, 0.15) is 0 Å². The van der Waals surface area contributed by atoms with E-state index < -0.39 is 28.0 Å². The summed E-state index contributed by atoms with van der Waals surface area (Å²) in [5.41, 5.74) is 0. The predicted octanol–water partition coefficient (Wildman–Crippen LogP) is 12.0. The zero-order valence-corrected chi connectivity index (χ0v) is 32.4. The van der Waals surface area contributed by atoms with Crippen LogP contribution >= 0.6 is 0 Å². The van der Waals surface area contributed by atoms with E-state index in [-0.39, 0.29) is 5.91 Å². The molecule has 1 amide bonds. The molecule has 2 atom stereocenters. The Bertz CT molecular complexity index is 857. The third-order valence-electron chi connectivity index (χ3n) is 9.38. The van der Waals surface area contributed by atoms with Crippen molar-refractivity contribution in [1.29, 1.82) is 0 Å². The Balaban J connectivity index is 3.81. The number of unbranched alkanes of at least 4 members (excludes halogenated alkanes) is 27. The van der Waals surface area contributed by atoms with Gasteiger partial charge in [0.15, 0.2) is 0 Å². The quantitative estimate of drug-likeness (QED) is 0.0340. The predicted molar refractivity (Wildman–Crippen MR) is 207 cm³/mol. The minimum absolute atomic E-state index is 0.286. The van der Waals surface area contributed by atoms with Crippen LogP contribution in [-0.2, 0) is 14.9 Å². The number of allylic oxidation sites excluding steroid dienone is 3. The van der Waals surface area contributed by atoms with E-state index in [1.165, 1.54) is 160 Å². The Morgan fingerprint density at radius 2 is 0.896 bits per heavy atom. The van der Waals surface area contributed by atoms with Crippen LogP contribution in [-0.4, -0.2) is 41.9 Å². The fourth-order valence-corrected chi connectivity index (χ4v) is 7.02. The highest BCUT2D eigenvalue weighted by atomic mass is 32.2. The van der Waals surface area contributed by atoms with Gasteiger partial charge in [0.05, 0.1) is 17.9 Å². The summed E-state index contributed by atoms with van der Waals surface area (Å²) in [5, 5.41) is 13.2. The van der Waals surface area contributed by atoms with E-state index in [2.05, 4.69) is 31.3 Å². The third-order valence-corrected chi connectivity index (χ3v) is 10.2. The molecule has 3 N–H and O–H groups in total. The standard InChI is InChI=1S/C41H79NO5S/c1-3-5-7-9-11-13-15-16-17-18-19-20-21-22-23-24-25-27-29-31-33-35-37-41(44)42-39(38-48(45,46)47)40(43)36-34-32-30-28-26-14-12-10-8-6-4-2/h26,28,34,36,39-40,43H,3-25,27,29-33,35,37-38H2,1-2H3,(H,42,44)(H,45,46,47)/b28-26+,36-34+. The van der Waals surface area contributed by atoms with Crippen molar-refractivity contribution in [3.63, 3.8) is 0 Å². The Kier molecular flexibility index (Phi) is 34.8. The van der Waals surface area contributed by atoms with Gasteiger partial charge in [-0.05, 0) is 32.1 Å². The minimum Gasteiger partial charge on any atom is -0.387 e. The van der Waals surface area contributed by atoms with Gasteiger partial charge in [-0.25, -0.2) is 0 Å². The summed E-state index contributed by atoms with van der Waals surface area (Å²) in [5.74, 6) is -0.993. The van der Waals surface area contributed by atoms with Crippen molar-refractivity contribution >= 4 is 16.0 Å². The molecule has 0 aromatic rings. The molecule has 0 spiro atoms. The van der Waals surface area contributed by atoms with Gasteiger partial charge in [0, 0.05) is 6.42 Å². The number of aliphatic hydroxyl groups is 1. The van der Waals surface area contributed by atoms with Crippen LogP contribution in [0.3, 0.4) is 0 Å². The van der Waals surface area contributed by atoms with Crippen LogP contribution in [0.2, 0.25) is 0 Å². The molecule has 0 aliphatic rings. The lowest BCUT2D eigenvalue weighted by molar-refractivity contribution is -0.122. The van der Waals surface area contributed by atoms with Crippen molar-refractivity contribution in [1.82, 2.24) is 5.32 Å². The molecule has 0 rings (SSSR count). The van der Waals surface area contributed by atoms with E-state index in [1.807, 2.05) is 0 Å². The van der Waals surface area contributed by atoms with Crippen LogP contribution in [0, 0.1) is 0 Å². The number of nitrogens with one attached hydrogen (secondary N) is 1. The van der Waals surface area contributed by atoms with Crippen LogP contribution in [0.4, 0.5) is 0 Å². The minimum atomic E-state index is -4.34. The molecule has 0 fully saturated rings. The summed E-state index contributed by atoms with van der Waals surface area (Å²) in [6, 6.07) is -1.07. The summed E-state index contributed by atoms with van der Waals surface area (Å²) >= 11 is 0. The molecule has 2 unspecified atom stereocenters. The average molecular weight is 698 g/mol. The van der Waals surface area contributed by atoms with Gasteiger partial charge in [0.2, 0.25) is 5.91 Å². The molecule has 0 saturated carbocycles. The first-order valence-corrected chi connectivity index (χ1v) is 22.1. The Morgan fingerprint density at radius 1 is 0.542 bits per heavy atom. The Hall–Kier alpha value is -1.18.